The number of hydrogen-bond donors (Lipinski definition) is 1. The first-order valence-electron chi connectivity index (χ1n) is 8.36. The molecule has 0 saturated carbocycles. The van der Waals surface area contributed by atoms with E-state index in [1.54, 1.807) is 31.3 Å². The molecule has 2 aromatic carbocycles. The number of nitrogens with zero attached hydrogens (tertiary/aromatic N) is 2. The zero-order valence-corrected chi connectivity index (χ0v) is 14.6. The standard InChI is InChI=1S/C20H19N3O3/c1-3-17(19(24)23-14-9-7-13(2)8-10-14)26-20(25)15-5-4-6-16-18(15)22-12-11-21-16/h4-12,17H,3H2,1-2H3,(H,23,24). The molecule has 6 nitrogen and oxygen atoms in total. The molecule has 1 atom stereocenters. The number of aromatic nitrogens is 2. The predicted octanol–water partition coefficient (Wildman–Crippen LogP) is 3.51. The number of ether oxygens (including phenoxy) is 1. The van der Waals surface area contributed by atoms with Gasteiger partial charge >= 0.3 is 5.97 Å². The molecule has 6 heteroatoms. The van der Waals surface area contributed by atoms with Crippen LogP contribution in [-0.4, -0.2) is 27.9 Å². The number of fused-ring (bicyclic) bond motifs is 1. The molecule has 0 aliphatic heterocycles. The van der Waals surface area contributed by atoms with Gasteiger partial charge in [-0.2, -0.15) is 0 Å². The summed E-state index contributed by atoms with van der Waals surface area (Å²) in [5.41, 5.74) is 3.09. The van der Waals surface area contributed by atoms with E-state index in [1.807, 2.05) is 31.2 Å². The summed E-state index contributed by atoms with van der Waals surface area (Å²) in [6.07, 6.45) is 2.54. The van der Waals surface area contributed by atoms with E-state index in [0.717, 1.165) is 5.56 Å². The SMILES string of the molecule is CCC(OC(=O)c1cccc2nccnc12)C(=O)Nc1ccc(C)cc1. The van der Waals surface area contributed by atoms with Crippen LogP contribution < -0.4 is 5.32 Å². The Morgan fingerprint density at radius 1 is 1.08 bits per heavy atom. The average Bonchev–Trinajstić information content (AvgIpc) is 2.67. The molecule has 1 aromatic heterocycles. The highest BCUT2D eigenvalue weighted by molar-refractivity contribution is 6.03. The molecule has 0 spiro atoms. The van der Waals surface area contributed by atoms with Crippen molar-refractivity contribution in [2.24, 2.45) is 0 Å². The first-order chi connectivity index (χ1) is 12.6. The minimum absolute atomic E-state index is 0.289. The smallest absolute Gasteiger partial charge is 0.341 e. The van der Waals surface area contributed by atoms with E-state index >= 15 is 0 Å². The summed E-state index contributed by atoms with van der Waals surface area (Å²) in [7, 11) is 0. The summed E-state index contributed by atoms with van der Waals surface area (Å²) < 4.78 is 5.43. The Bertz CT molecular complexity index is 933. The molecule has 0 saturated heterocycles. The average molecular weight is 349 g/mol. The molecule has 26 heavy (non-hydrogen) atoms. The van der Waals surface area contributed by atoms with Gasteiger partial charge in [0.1, 0.15) is 5.52 Å². The summed E-state index contributed by atoms with van der Waals surface area (Å²) >= 11 is 0. The van der Waals surface area contributed by atoms with Gasteiger partial charge in [0.15, 0.2) is 6.10 Å². The lowest BCUT2D eigenvalue weighted by Crippen LogP contribution is -2.32. The second-order valence-electron chi connectivity index (χ2n) is 5.89. The molecule has 3 aromatic rings. The molecular formula is C20H19N3O3. The van der Waals surface area contributed by atoms with Crippen molar-refractivity contribution in [2.45, 2.75) is 26.4 Å². The van der Waals surface area contributed by atoms with Crippen LogP contribution >= 0.6 is 0 Å². The van der Waals surface area contributed by atoms with Crippen LogP contribution in [0.15, 0.2) is 54.9 Å². The van der Waals surface area contributed by atoms with Crippen LogP contribution in [0.2, 0.25) is 0 Å². The quantitative estimate of drug-likeness (QED) is 0.713. The Kier molecular flexibility index (Phi) is 5.22. The van der Waals surface area contributed by atoms with Gasteiger partial charge in [-0.05, 0) is 37.6 Å². The van der Waals surface area contributed by atoms with Gasteiger partial charge < -0.3 is 10.1 Å². The fraction of sp³-hybridized carbons (Fsp3) is 0.200. The fourth-order valence-electron chi connectivity index (χ4n) is 2.53. The highest BCUT2D eigenvalue weighted by atomic mass is 16.5. The van der Waals surface area contributed by atoms with Gasteiger partial charge in [-0.1, -0.05) is 30.7 Å². The van der Waals surface area contributed by atoms with E-state index in [2.05, 4.69) is 15.3 Å². The van der Waals surface area contributed by atoms with Gasteiger partial charge in [-0.25, -0.2) is 4.79 Å². The number of hydrogen-bond acceptors (Lipinski definition) is 5. The molecule has 3 rings (SSSR count). The number of nitrogens with one attached hydrogen (secondary N) is 1. The number of benzene rings is 2. The van der Waals surface area contributed by atoms with Crippen LogP contribution in [0.25, 0.3) is 11.0 Å². The Morgan fingerprint density at radius 3 is 2.54 bits per heavy atom. The van der Waals surface area contributed by atoms with E-state index in [4.69, 9.17) is 4.74 Å². The maximum Gasteiger partial charge on any atom is 0.341 e. The second kappa shape index (κ2) is 7.74. The number of rotatable bonds is 5. The molecule has 132 valence electrons. The van der Waals surface area contributed by atoms with E-state index in [1.165, 1.54) is 6.20 Å². The number of aryl methyl sites for hydroxylation is 1. The molecular weight excluding hydrogens is 330 g/mol. The zero-order chi connectivity index (χ0) is 18.5. The highest BCUT2D eigenvalue weighted by Gasteiger charge is 2.23. The Balaban J connectivity index is 1.75. The van der Waals surface area contributed by atoms with Gasteiger partial charge in [0.05, 0.1) is 11.1 Å². The Morgan fingerprint density at radius 2 is 1.81 bits per heavy atom. The molecule has 0 fully saturated rings. The van der Waals surface area contributed by atoms with E-state index in [0.29, 0.717) is 23.1 Å². The van der Waals surface area contributed by atoms with Crippen LogP contribution in [0, 0.1) is 6.92 Å². The monoisotopic (exact) mass is 349 g/mol. The number of esters is 1. The third-order valence-electron chi connectivity index (χ3n) is 3.95. The summed E-state index contributed by atoms with van der Waals surface area (Å²) in [6.45, 7) is 3.75. The fourth-order valence-corrected chi connectivity index (χ4v) is 2.53. The van der Waals surface area contributed by atoms with E-state index < -0.39 is 12.1 Å². The zero-order valence-electron chi connectivity index (χ0n) is 14.6. The van der Waals surface area contributed by atoms with Crippen molar-refractivity contribution in [3.8, 4) is 0 Å². The minimum Gasteiger partial charge on any atom is -0.449 e. The van der Waals surface area contributed by atoms with Crippen LogP contribution in [0.3, 0.4) is 0 Å². The molecule has 1 N–H and O–H groups in total. The molecule has 1 heterocycles. The van der Waals surface area contributed by atoms with E-state index in [-0.39, 0.29) is 11.5 Å². The Hall–Kier alpha value is -3.28. The number of carbonyl (C=O) groups is 2. The van der Waals surface area contributed by atoms with Gasteiger partial charge in [0, 0.05) is 18.1 Å². The number of para-hydroxylation sites is 1. The Labute approximate surface area is 151 Å². The van der Waals surface area contributed by atoms with E-state index in [9.17, 15) is 9.59 Å². The third kappa shape index (κ3) is 3.85. The predicted molar refractivity (Wildman–Crippen MR) is 98.8 cm³/mol. The first kappa shape index (κ1) is 17.5. The van der Waals surface area contributed by atoms with Crippen molar-refractivity contribution in [3.05, 3.63) is 66.0 Å². The topological polar surface area (TPSA) is 81.2 Å². The van der Waals surface area contributed by atoms with Crippen molar-refractivity contribution < 1.29 is 14.3 Å². The molecule has 1 amide bonds. The second-order valence-corrected chi connectivity index (χ2v) is 5.89. The molecule has 1 unspecified atom stereocenters. The van der Waals surface area contributed by atoms with Crippen molar-refractivity contribution in [3.63, 3.8) is 0 Å². The number of amides is 1. The largest absolute Gasteiger partial charge is 0.449 e. The molecule has 0 radical (unpaired) electrons. The maximum absolute atomic E-state index is 12.6. The molecule has 0 aliphatic rings. The summed E-state index contributed by atoms with van der Waals surface area (Å²) in [6, 6.07) is 12.5. The number of anilines is 1. The lowest BCUT2D eigenvalue weighted by atomic mass is 10.1. The highest BCUT2D eigenvalue weighted by Crippen LogP contribution is 2.17. The lowest BCUT2D eigenvalue weighted by Gasteiger charge is -2.16. The van der Waals surface area contributed by atoms with Gasteiger partial charge in [-0.3, -0.25) is 14.8 Å². The minimum atomic E-state index is -0.893. The van der Waals surface area contributed by atoms with Crippen LogP contribution in [-0.2, 0) is 9.53 Å². The number of carbonyl (C=O) groups excluding carboxylic acids is 2. The van der Waals surface area contributed by atoms with Crippen molar-refractivity contribution in [1.29, 1.82) is 0 Å². The summed E-state index contributed by atoms with van der Waals surface area (Å²) in [5.74, 6) is -0.960. The lowest BCUT2D eigenvalue weighted by molar-refractivity contribution is -0.124. The summed E-state index contributed by atoms with van der Waals surface area (Å²) in [4.78, 5) is 33.4. The van der Waals surface area contributed by atoms with Crippen LogP contribution in [0.4, 0.5) is 5.69 Å². The third-order valence-corrected chi connectivity index (χ3v) is 3.95. The van der Waals surface area contributed by atoms with Crippen molar-refractivity contribution >= 4 is 28.6 Å². The maximum atomic E-state index is 12.6. The van der Waals surface area contributed by atoms with Crippen LogP contribution in [0.1, 0.15) is 29.3 Å². The van der Waals surface area contributed by atoms with Crippen LogP contribution in [0.5, 0.6) is 0 Å². The van der Waals surface area contributed by atoms with Gasteiger partial charge in [0.2, 0.25) is 0 Å². The summed E-state index contributed by atoms with van der Waals surface area (Å²) in [5, 5.41) is 2.77. The first-order valence-corrected chi connectivity index (χ1v) is 8.36. The molecule has 0 aliphatic carbocycles. The van der Waals surface area contributed by atoms with Gasteiger partial charge in [-0.15, -0.1) is 0 Å². The normalized spacial score (nSPS) is 11.8. The van der Waals surface area contributed by atoms with Crippen molar-refractivity contribution in [1.82, 2.24) is 9.97 Å². The van der Waals surface area contributed by atoms with Gasteiger partial charge in [0.25, 0.3) is 5.91 Å². The molecule has 0 bridgehead atoms. The van der Waals surface area contributed by atoms with Crippen molar-refractivity contribution in [2.75, 3.05) is 5.32 Å².